The van der Waals surface area contributed by atoms with E-state index >= 15 is 0 Å². The summed E-state index contributed by atoms with van der Waals surface area (Å²) in [4.78, 5) is 50.2. The van der Waals surface area contributed by atoms with Crippen molar-refractivity contribution in [2.45, 2.75) is 69.5 Å². The molecule has 0 aromatic heterocycles. The molecule has 5 rings (SSSR count). The van der Waals surface area contributed by atoms with E-state index in [1.165, 1.54) is 0 Å². The average molecular weight is 440 g/mol. The molecule has 2 aliphatic heterocycles. The van der Waals surface area contributed by atoms with Crippen LogP contribution in [0.3, 0.4) is 0 Å². The molecule has 3 amide bonds. The monoisotopic (exact) mass is 439 g/mol. The summed E-state index contributed by atoms with van der Waals surface area (Å²) >= 11 is 0. The Morgan fingerprint density at radius 3 is 2.53 bits per heavy atom. The van der Waals surface area contributed by atoms with Gasteiger partial charge in [0.15, 0.2) is 0 Å². The van der Waals surface area contributed by atoms with E-state index in [4.69, 9.17) is 0 Å². The lowest BCUT2D eigenvalue weighted by molar-refractivity contribution is -0.143. The van der Waals surface area contributed by atoms with Crippen LogP contribution < -0.4 is 10.6 Å². The van der Waals surface area contributed by atoms with Gasteiger partial charge in [-0.3, -0.25) is 24.5 Å². The van der Waals surface area contributed by atoms with Gasteiger partial charge >= 0.3 is 5.97 Å². The van der Waals surface area contributed by atoms with Crippen LogP contribution in [0.4, 0.5) is 0 Å². The number of rotatable bonds is 5. The number of amides is 3. The van der Waals surface area contributed by atoms with Gasteiger partial charge in [0.1, 0.15) is 6.04 Å². The van der Waals surface area contributed by atoms with Crippen LogP contribution in [0.5, 0.6) is 0 Å². The lowest BCUT2D eigenvalue weighted by atomic mass is 9.80. The van der Waals surface area contributed by atoms with E-state index in [1.807, 2.05) is 12.1 Å². The van der Waals surface area contributed by atoms with Crippen LogP contribution in [0.15, 0.2) is 18.2 Å². The average Bonchev–Trinajstić information content (AvgIpc) is 3.07. The van der Waals surface area contributed by atoms with E-state index in [9.17, 15) is 24.3 Å². The van der Waals surface area contributed by atoms with Gasteiger partial charge in [-0.25, -0.2) is 0 Å². The normalized spacial score (nSPS) is 31.9. The minimum Gasteiger partial charge on any atom is -0.481 e. The second kappa shape index (κ2) is 8.31. The van der Waals surface area contributed by atoms with Crippen molar-refractivity contribution in [1.82, 2.24) is 15.5 Å². The van der Waals surface area contributed by atoms with Gasteiger partial charge in [0, 0.05) is 18.0 Å². The van der Waals surface area contributed by atoms with E-state index in [2.05, 4.69) is 16.7 Å². The molecular weight excluding hydrogens is 410 g/mol. The molecule has 0 spiro atoms. The molecule has 1 saturated heterocycles. The van der Waals surface area contributed by atoms with Gasteiger partial charge < -0.3 is 15.3 Å². The molecule has 1 aromatic carbocycles. The lowest BCUT2D eigenvalue weighted by Crippen LogP contribution is -2.53. The highest BCUT2D eigenvalue weighted by Crippen LogP contribution is 2.47. The molecule has 32 heavy (non-hydrogen) atoms. The molecule has 0 bridgehead atoms. The first-order valence-electron chi connectivity index (χ1n) is 11.7. The number of aliphatic carboxylic acids is 1. The van der Waals surface area contributed by atoms with E-state index in [1.54, 1.807) is 4.90 Å². The Kier molecular flexibility index (Phi) is 5.49. The summed E-state index contributed by atoms with van der Waals surface area (Å²) < 4.78 is 0. The summed E-state index contributed by atoms with van der Waals surface area (Å²) in [5, 5.41) is 15.3. The molecular formula is C24H29N3O5. The van der Waals surface area contributed by atoms with E-state index in [0.717, 1.165) is 56.2 Å². The van der Waals surface area contributed by atoms with Gasteiger partial charge in [0.05, 0.1) is 12.0 Å². The highest BCUT2D eigenvalue weighted by molar-refractivity contribution is 6.06. The highest BCUT2D eigenvalue weighted by atomic mass is 16.4. The predicted octanol–water partition coefficient (Wildman–Crippen LogP) is 2.30. The third-order valence-electron chi connectivity index (χ3n) is 7.77. The van der Waals surface area contributed by atoms with E-state index < -0.39 is 12.0 Å². The van der Waals surface area contributed by atoms with Crippen molar-refractivity contribution in [3.8, 4) is 0 Å². The molecule has 3 N–H and O–H groups in total. The fourth-order valence-corrected chi connectivity index (χ4v) is 6.07. The van der Waals surface area contributed by atoms with Crippen molar-refractivity contribution in [1.29, 1.82) is 0 Å². The Bertz CT molecular complexity index is 968. The van der Waals surface area contributed by atoms with Crippen LogP contribution in [-0.2, 0) is 14.4 Å². The first-order chi connectivity index (χ1) is 15.4. The number of carbonyl (C=O) groups excluding carboxylic acids is 3. The van der Waals surface area contributed by atoms with Crippen LogP contribution >= 0.6 is 0 Å². The van der Waals surface area contributed by atoms with Gasteiger partial charge in [0.2, 0.25) is 11.8 Å². The number of carbonyl (C=O) groups is 4. The van der Waals surface area contributed by atoms with Gasteiger partial charge in [-0.05, 0) is 74.6 Å². The molecule has 1 saturated carbocycles. The van der Waals surface area contributed by atoms with Crippen molar-refractivity contribution in [2.24, 2.45) is 11.8 Å². The molecule has 8 heteroatoms. The van der Waals surface area contributed by atoms with Crippen molar-refractivity contribution in [3.05, 3.63) is 34.9 Å². The Morgan fingerprint density at radius 1 is 1.03 bits per heavy atom. The fourth-order valence-electron chi connectivity index (χ4n) is 6.07. The zero-order chi connectivity index (χ0) is 22.4. The Hall–Kier alpha value is -2.74. The Balaban J connectivity index is 1.30. The standard InChI is InChI=1S/C24H29N3O5/c28-20-11-10-19(22(29)26-20)27-18-9-8-17(15-2-1-3-16(21(15)18)23(27)30)25-12-13-4-6-14(7-5-13)24(31)32/h1-3,13-14,17-19,25H,4-12H2,(H,31,32)(H,26,28,29). The zero-order valence-corrected chi connectivity index (χ0v) is 18.0. The topological polar surface area (TPSA) is 116 Å². The summed E-state index contributed by atoms with van der Waals surface area (Å²) in [6.45, 7) is 0.843. The molecule has 8 nitrogen and oxygen atoms in total. The first-order valence-corrected chi connectivity index (χ1v) is 11.7. The SMILES string of the molecule is O=C1CCC(N2C(=O)c3cccc4c3C2CCC4NCC2CCC(C(=O)O)CC2)C(=O)N1. The Morgan fingerprint density at radius 2 is 1.81 bits per heavy atom. The number of nitrogens with one attached hydrogen (secondary N) is 2. The van der Waals surface area contributed by atoms with Gasteiger partial charge in [-0.2, -0.15) is 0 Å². The quantitative estimate of drug-likeness (QED) is 0.607. The van der Waals surface area contributed by atoms with Crippen molar-refractivity contribution in [3.63, 3.8) is 0 Å². The minimum absolute atomic E-state index is 0.117. The first kappa shape index (κ1) is 21.1. The summed E-state index contributed by atoms with van der Waals surface area (Å²) in [5.41, 5.74) is 2.83. The van der Waals surface area contributed by atoms with Crippen LogP contribution in [0.1, 0.15) is 84.9 Å². The zero-order valence-electron chi connectivity index (χ0n) is 18.0. The van der Waals surface area contributed by atoms with Crippen LogP contribution in [0, 0.1) is 11.8 Å². The molecule has 0 radical (unpaired) electrons. The number of hydrogen-bond acceptors (Lipinski definition) is 5. The molecule has 3 unspecified atom stereocenters. The number of benzene rings is 1. The number of carboxylic acids is 1. The number of hydrogen-bond donors (Lipinski definition) is 3. The smallest absolute Gasteiger partial charge is 0.306 e. The summed E-state index contributed by atoms with van der Waals surface area (Å²) in [6.07, 6.45) is 5.60. The van der Waals surface area contributed by atoms with Gasteiger partial charge in [0.25, 0.3) is 5.91 Å². The maximum atomic E-state index is 13.3. The lowest BCUT2D eigenvalue weighted by Gasteiger charge is -2.38. The molecule has 2 heterocycles. The van der Waals surface area contributed by atoms with Crippen LogP contribution in [0.25, 0.3) is 0 Å². The predicted molar refractivity (Wildman–Crippen MR) is 115 cm³/mol. The maximum Gasteiger partial charge on any atom is 0.306 e. The number of nitrogens with zero attached hydrogens (tertiary/aromatic N) is 1. The fraction of sp³-hybridized carbons (Fsp3) is 0.583. The number of carboxylic acid groups (broad SMARTS) is 1. The highest BCUT2D eigenvalue weighted by Gasteiger charge is 2.47. The number of imide groups is 1. The van der Waals surface area contributed by atoms with E-state index in [-0.39, 0.29) is 42.1 Å². The van der Waals surface area contributed by atoms with Gasteiger partial charge in [-0.15, -0.1) is 0 Å². The van der Waals surface area contributed by atoms with E-state index in [0.29, 0.717) is 17.9 Å². The number of piperidine rings is 1. The third kappa shape index (κ3) is 3.60. The molecule has 1 aromatic rings. The Labute approximate surface area is 186 Å². The minimum atomic E-state index is -0.681. The molecule has 2 fully saturated rings. The largest absolute Gasteiger partial charge is 0.481 e. The van der Waals surface area contributed by atoms with Crippen LogP contribution in [-0.4, -0.2) is 46.3 Å². The summed E-state index contributed by atoms with van der Waals surface area (Å²) in [7, 11) is 0. The summed E-state index contributed by atoms with van der Waals surface area (Å²) in [5.74, 6) is -1.18. The van der Waals surface area contributed by atoms with Crippen molar-refractivity contribution < 1.29 is 24.3 Å². The maximum absolute atomic E-state index is 13.3. The second-order valence-electron chi connectivity index (χ2n) is 9.60. The van der Waals surface area contributed by atoms with Crippen molar-refractivity contribution in [2.75, 3.05) is 6.54 Å². The second-order valence-corrected chi connectivity index (χ2v) is 9.60. The third-order valence-corrected chi connectivity index (χ3v) is 7.77. The molecule has 4 aliphatic rings. The summed E-state index contributed by atoms with van der Waals surface area (Å²) in [6, 6.07) is 5.25. The van der Waals surface area contributed by atoms with Crippen LogP contribution in [0.2, 0.25) is 0 Å². The molecule has 2 aliphatic carbocycles. The van der Waals surface area contributed by atoms with Crippen molar-refractivity contribution >= 4 is 23.7 Å². The molecule has 3 atom stereocenters. The molecule has 170 valence electrons. The van der Waals surface area contributed by atoms with Gasteiger partial charge in [-0.1, -0.05) is 12.1 Å².